The Balaban J connectivity index is 1.80. The lowest BCUT2D eigenvalue weighted by molar-refractivity contribution is 0.00407. The van der Waals surface area contributed by atoms with Gasteiger partial charge in [-0.2, -0.15) is 0 Å². The Kier molecular flexibility index (Phi) is 4.23. The van der Waals surface area contributed by atoms with E-state index in [1.165, 1.54) is 12.0 Å². The number of aliphatic hydroxyl groups is 1. The van der Waals surface area contributed by atoms with E-state index in [4.69, 9.17) is 4.74 Å². The molecule has 1 N–H and O–H groups in total. The number of rotatable bonds is 2. The molecule has 0 saturated carbocycles. The second kappa shape index (κ2) is 5.98. The van der Waals surface area contributed by atoms with Crippen molar-refractivity contribution in [3.63, 3.8) is 0 Å². The summed E-state index contributed by atoms with van der Waals surface area (Å²) in [4.78, 5) is 2.51. The molecule has 3 heteroatoms. The summed E-state index contributed by atoms with van der Waals surface area (Å²) in [7, 11) is 1.68. The third-order valence-corrected chi connectivity index (χ3v) is 5.58. The van der Waals surface area contributed by atoms with Gasteiger partial charge in [-0.1, -0.05) is 19.9 Å². The number of likely N-dealkylation sites (tertiary alicyclic amines) is 1. The maximum absolute atomic E-state index is 10.8. The first kappa shape index (κ1) is 14.9. The summed E-state index contributed by atoms with van der Waals surface area (Å²) in [6, 6.07) is 6.38. The van der Waals surface area contributed by atoms with Gasteiger partial charge in [0.1, 0.15) is 5.75 Å². The fraction of sp³-hybridized carbons (Fsp3) is 0.667. The van der Waals surface area contributed by atoms with Crippen LogP contribution in [0.25, 0.3) is 0 Å². The van der Waals surface area contributed by atoms with Crippen molar-refractivity contribution in [2.45, 2.75) is 45.3 Å². The van der Waals surface area contributed by atoms with Gasteiger partial charge in [0.25, 0.3) is 0 Å². The molecule has 1 aliphatic carbocycles. The van der Waals surface area contributed by atoms with Gasteiger partial charge in [-0.05, 0) is 60.9 Å². The van der Waals surface area contributed by atoms with Gasteiger partial charge in [0.15, 0.2) is 0 Å². The van der Waals surface area contributed by atoms with Gasteiger partial charge in [0.2, 0.25) is 0 Å². The Labute approximate surface area is 127 Å². The smallest absolute Gasteiger partial charge is 0.119 e. The average Bonchev–Trinajstić information content (AvgIpc) is 2.50. The van der Waals surface area contributed by atoms with Gasteiger partial charge in [0, 0.05) is 12.6 Å². The van der Waals surface area contributed by atoms with Crippen LogP contribution in [0.5, 0.6) is 5.75 Å². The van der Waals surface area contributed by atoms with Gasteiger partial charge in [-0.15, -0.1) is 0 Å². The van der Waals surface area contributed by atoms with Crippen molar-refractivity contribution in [3.05, 3.63) is 29.3 Å². The number of nitrogens with zero attached hydrogens (tertiary/aromatic N) is 1. The van der Waals surface area contributed by atoms with Crippen LogP contribution in [0.2, 0.25) is 0 Å². The molecule has 0 aromatic heterocycles. The van der Waals surface area contributed by atoms with Gasteiger partial charge in [-0.25, -0.2) is 0 Å². The minimum atomic E-state index is -0.385. The molecule has 1 fully saturated rings. The third kappa shape index (κ3) is 2.82. The number of hydrogen-bond donors (Lipinski definition) is 1. The molecule has 1 saturated heterocycles. The van der Waals surface area contributed by atoms with Crippen LogP contribution < -0.4 is 4.74 Å². The molecule has 21 heavy (non-hydrogen) atoms. The van der Waals surface area contributed by atoms with E-state index in [1.54, 1.807) is 7.11 Å². The number of piperidine rings is 1. The molecule has 4 atom stereocenters. The molecule has 2 aliphatic rings. The molecule has 0 amide bonds. The molecule has 1 aromatic carbocycles. The number of aliphatic hydroxyl groups excluding tert-OH is 1. The molecule has 0 radical (unpaired) electrons. The van der Waals surface area contributed by atoms with E-state index >= 15 is 0 Å². The lowest BCUT2D eigenvalue weighted by Crippen LogP contribution is -2.48. The first-order valence-corrected chi connectivity index (χ1v) is 8.19. The number of benzene rings is 1. The first-order chi connectivity index (χ1) is 10.1. The first-order valence-electron chi connectivity index (χ1n) is 8.19. The van der Waals surface area contributed by atoms with Crippen molar-refractivity contribution in [3.8, 4) is 5.75 Å². The highest BCUT2D eigenvalue weighted by Gasteiger charge is 2.35. The SMILES string of the molecule is COc1ccc2c(c1)C(O)C(N1CCC(C)C(C)C1)CC2. The van der Waals surface area contributed by atoms with Crippen LogP contribution in [-0.2, 0) is 6.42 Å². The minimum absolute atomic E-state index is 0.263. The standard InChI is InChI=1S/C18H27NO2/c1-12-8-9-19(11-13(12)2)17-7-5-14-4-6-15(21-3)10-16(14)18(17)20/h4,6,10,12-13,17-18,20H,5,7-9,11H2,1-3H3. The van der Waals surface area contributed by atoms with E-state index in [-0.39, 0.29) is 12.1 Å². The number of hydrogen-bond acceptors (Lipinski definition) is 3. The summed E-state index contributed by atoms with van der Waals surface area (Å²) >= 11 is 0. The van der Waals surface area contributed by atoms with Crippen LogP contribution in [0.4, 0.5) is 0 Å². The molecular weight excluding hydrogens is 262 g/mol. The predicted octanol–water partition coefficient (Wildman–Crippen LogP) is 3.02. The highest BCUT2D eigenvalue weighted by Crippen LogP contribution is 2.37. The lowest BCUT2D eigenvalue weighted by Gasteiger charge is -2.44. The molecule has 1 aliphatic heterocycles. The summed E-state index contributed by atoms with van der Waals surface area (Å²) in [6.07, 6.45) is 2.97. The Morgan fingerprint density at radius 1 is 1.19 bits per heavy atom. The van der Waals surface area contributed by atoms with Crippen LogP contribution in [0.3, 0.4) is 0 Å². The highest BCUT2D eigenvalue weighted by atomic mass is 16.5. The topological polar surface area (TPSA) is 32.7 Å². The molecule has 3 nitrogen and oxygen atoms in total. The molecular formula is C18H27NO2. The Morgan fingerprint density at radius 2 is 2.00 bits per heavy atom. The van der Waals surface area contributed by atoms with E-state index in [1.807, 2.05) is 12.1 Å². The van der Waals surface area contributed by atoms with Crippen LogP contribution in [0, 0.1) is 11.8 Å². The van der Waals surface area contributed by atoms with Gasteiger partial charge in [-0.3, -0.25) is 4.90 Å². The zero-order chi connectivity index (χ0) is 15.0. The van der Waals surface area contributed by atoms with Crippen LogP contribution in [0.1, 0.15) is 43.9 Å². The molecule has 1 heterocycles. The molecule has 0 spiro atoms. The Bertz CT molecular complexity index is 502. The summed E-state index contributed by atoms with van der Waals surface area (Å²) in [5.41, 5.74) is 2.34. The molecule has 1 aromatic rings. The Morgan fingerprint density at radius 3 is 2.71 bits per heavy atom. The van der Waals surface area contributed by atoms with Gasteiger partial charge >= 0.3 is 0 Å². The monoisotopic (exact) mass is 289 g/mol. The third-order valence-electron chi connectivity index (χ3n) is 5.58. The number of aryl methyl sites for hydroxylation is 1. The van der Waals surface area contributed by atoms with Gasteiger partial charge < -0.3 is 9.84 Å². The highest BCUT2D eigenvalue weighted by molar-refractivity contribution is 5.39. The zero-order valence-corrected chi connectivity index (χ0v) is 13.4. The second-order valence-corrected chi connectivity index (χ2v) is 6.85. The molecule has 3 rings (SSSR count). The van der Waals surface area contributed by atoms with Crippen molar-refractivity contribution in [1.29, 1.82) is 0 Å². The zero-order valence-electron chi connectivity index (χ0n) is 13.4. The summed E-state index contributed by atoms with van der Waals surface area (Å²) in [6.45, 7) is 6.91. The summed E-state index contributed by atoms with van der Waals surface area (Å²) in [5.74, 6) is 2.36. The quantitative estimate of drug-likeness (QED) is 0.908. The van der Waals surface area contributed by atoms with Crippen molar-refractivity contribution in [1.82, 2.24) is 4.90 Å². The van der Waals surface area contributed by atoms with Crippen LogP contribution in [0.15, 0.2) is 18.2 Å². The van der Waals surface area contributed by atoms with E-state index in [2.05, 4.69) is 24.8 Å². The van der Waals surface area contributed by atoms with Crippen molar-refractivity contribution in [2.24, 2.45) is 11.8 Å². The predicted molar refractivity (Wildman–Crippen MR) is 84.6 cm³/mol. The maximum Gasteiger partial charge on any atom is 0.119 e. The van der Waals surface area contributed by atoms with E-state index in [0.717, 1.165) is 49.1 Å². The van der Waals surface area contributed by atoms with Crippen LogP contribution in [-0.4, -0.2) is 36.2 Å². The molecule has 4 unspecified atom stereocenters. The van der Waals surface area contributed by atoms with Crippen molar-refractivity contribution >= 4 is 0 Å². The van der Waals surface area contributed by atoms with Crippen molar-refractivity contribution < 1.29 is 9.84 Å². The fourth-order valence-electron chi connectivity index (χ4n) is 3.85. The number of fused-ring (bicyclic) bond motifs is 1. The largest absolute Gasteiger partial charge is 0.497 e. The fourth-order valence-corrected chi connectivity index (χ4v) is 3.85. The Hall–Kier alpha value is -1.06. The minimum Gasteiger partial charge on any atom is -0.497 e. The van der Waals surface area contributed by atoms with E-state index < -0.39 is 0 Å². The average molecular weight is 289 g/mol. The van der Waals surface area contributed by atoms with Crippen molar-refractivity contribution in [2.75, 3.05) is 20.2 Å². The molecule has 116 valence electrons. The summed E-state index contributed by atoms with van der Waals surface area (Å²) in [5, 5.41) is 10.8. The second-order valence-electron chi connectivity index (χ2n) is 6.85. The molecule has 0 bridgehead atoms. The van der Waals surface area contributed by atoms with Crippen LogP contribution >= 0.6 is 0 Å². The lowest BCUT2D eigenvalue weighted by atomic mass is 9.82. The maximum atomic E-state index is 10.8. The summed E-state index contributed by atoms with van der Waals surface area (Å²) < 4.78 is 5.32. The van der Waals surface area contributed by atoms with E-state index in [9.17, 15) is 5.11 Å². The van der Waals surface area contributed by atoms with Gasteiger partial charge in [0.05, 0.1) is 13.2 Å². The number of ether oxygens (including phenoxy) is 1. The number of methoxy groups -OCH3 is 1. The van der Waals surface area contributed by atoms with E-state index in [0.29, 0.717) is 0 Å². The normalized spacial score (nSPS) is 33.5.